The van der Waals surface area contributed by atoms with Crippen LogP contribution in [0.1, 0.15) is 30.9 Å². The van der Waals surface area contributed by atoms with Crippen LogP contribution in [0.25, 0.3) is 0 Å². The molecule has 6 nitrogen and oxygen atoms in total. The SMILES string of the molecule is CCOC(=O)N[C@@H](Cc1ccccc1)[C@@H](CCC(F)(F)C(F)(F)C(F)(F)C(F)(F)C(F)(F)C(F)(F)F)OC(=O)[C@](OC)(c1ccccc1)C(F)(F)F. The molecule has 2 rings (SSSR count). The van der Waals surface area contributed by atoms with Gasteiger partial charge >= 0.3 is 54.0 Å². The summed E-state index contributed by atoms with van der Waals surface area (Å²) in [7, 11) is 0.336. The van der Waals surface area contributed by atoms with Crippen LogP contribution in [0, 0.1) is 0 Å². The van der Waals surface area contributed by atoms with E-state index in [1.165, 1.54) is 43.3 Å². The van der Waals surface area contributed by atoms with Gasteiger partial charge in [-0.1, -0.05) is 60.7 Å². The van der Waals surface area contributed by atoms with E-state index in [1.54, 1.807) is 0 Å². The number of halogens is 16. The predicted octanol–water partition coefficient (Wildman–Crippen LogP) is 8.88. The summed E-state index contributed by atoms with van der Waals surface area (Å²) in [4.78, 5) is 25.7. The minimum absolute atomic E-state index is 0.0554. The molecule has 0 saturated carbocycles. The van der Waals surface area contributed by atoms with Crippen molar-refractivity contribution >= 4 is 12.1 Å². The summed E-state index contributed by atoms with van der Waals surface area (Å²) in [5.74, 6) is -41.3. The van der Waals surface area contributed by atoms with Crippen molar-refractivity contribution in [3.63, 3.8) is 0 Å². The minimum atomic E-state index is -8.21. The predicted molar refractivity (Wildman–Crippen MR) is 145 cm³/mol. The molecule has 22 heteroatoms. The van der Waals surface area contributed by atoms with Gasteiger partial charge in [0, 0.05) is 19.1 Å². The lowest BCUT2D eigenvalue weighted by Crippen LogP contribution is -2.70. The third-order valence-corrected chi connectivity index (χ3v) is 7.50. The highest BCUT2D eigenvalue weighted by Gasteiger charge is 2.90. The normalized spacial score (nSPS) is 16.0. The third-order valence-electron chi connectivity index (χ3n) is 7.50. The monoisotopic (exact) mass is 785 g/mol. The summed E-state index contributed by atoms with van der Waals surface area (Å²) in [5.41, 5.74) is -5.10. The number of alkyl halides is 16. The molecule has 0 radical (unpaired) electrons. The highest BCUT2D eigenvalue weighted by molar-refractivity contribution is 5.83. The number of nitrogens with one attached hydrogen (secondary N) is 1. The number of ether oxygens (including phenoxy) is 3. The highest BCUT2D eigenvalue weighted by atomic mass is 19.4. The molecular weight excluding hydrogens is 758 g/mol. The Morgan fingerprint density at radius 2 is 1.15 bits per heavy atom. The van der Waals surface area contributed by atoms with E-state index in [2.05, 4.69) is 9.47 Å². The fourth-order valence-electron chi connectivity index (χ4n) is 4.70. The van der Waals surface area contributed by atoms with E-state index in [-0.39, 0.29) is 5.56 Å². The maximum atomic E-state index is 14.9. The summed E-state index contributed by atoms with van der Waals surface area (Å²) in [5, 5.41) is 1.90. The van der Waals surface area contributed by atoms with E-state index in [0.717, 1.165) is 12.1 Å². The number of benzene rings is 2. The molecule has 294 valence electrons. The molecule has 0 unspecified atom stereocenters. The molecule has 1 N–H and O–H groups in total. The molecule has 0 aliphatic heterocycles. The van der Waals surface area contributed by atoms with Crippen molar-refractivity contribution in [1.82, 2.24) is 5.32 Å². The average Bonchev–Trinajstić information content (AvgIpc) is 3.03. The minimum Gasteiger partial charge on any atom is -0.458 e. The van der Waals surface area contributed by atoms with E-state index in [0.29, 0.717) is 19.2 Å². The Morgan fingerprint density at radius 3 is 1.60 bits per heavy atom. The Hall–Kier alpha value is -3.98. The Morgan fingerprint density at radius 1 is 0.673 bits per heavy atom. The molecule has 0 aliphatic rings. The van der Waals surface area contributed by atoms with Gasteiger partial charge in [-0.25, -0.2) is 9.59 Å². The zero-order valence-corrected chi connectivity index (χ0v) is 26.3. The number of hydrogen-bond donors (Lipinski definition) is 1. The topological polar surface area (TPSA) is 73.9 Å². The van der Waals surface area contributed by atoms with Crippen LogP contribution < -0.4 is 5.32 Å². The lowest BCUT2D eigenvalue weighted by molar-refractivity contribution is -0.440. The van der Waals surface area contributed by atoms with Gasteiger partial charge in [0.05, 0.1) is 12.6 Å². The van der Waals surface area contributed by atoms with E-state index in [4.69, 9.17) is 4.74 Å². The largest absolute Gasteiger partial charge is 0.460 e. The summed E-state index contributed by atoms with van der Waals surface area (Å²) in [6.07, 6.45) is -23.5. The maximum Gasteiger partial charge on any atom is 0.460 e. The number of methoxy groups -OCH3 is 1. The Bertz CT molecular complexity index is 1490. The highest BCUT2D eigenvalue weighted by Crippen LogP contribution is 2.61. The summed E-state index contributed by atoms with van der Waals surface area (Å²) < 4.78 is 237. The van der Waals surface area contributed by atoms with Crippen molar-refractivity contribution in [3.05, 3.63) is 71.8 Å². The van der Waals surface area contributed by atoms with Crippen LogP contribution in [0.2, 0.25) is 0 Å². The first-order valence-corrected chi connectivity index (χ1v) is 14.4. The van der Waals surface area contributed by atoms with Crippen molar-refractivity contribution in [2.24, 2.45) is 0 Å². The fraction of sp³-hybridized carbons (Fsp3) is 0.533. The number of amides is 1. The van der Waals surface area contributed by atoms with E-state index in [9.17, 15) is 79.8 Å². The van der Waals surface area contributed by atoms with Gasteiger partial charge in [0.25, 0.3) is 5.60 Å². The first kappa shape index (κ1) is 44.2. The van der Waals surface area contributed by atoms with Crippen LogP contribution in [0.5, 0.6) is 0 Å². The number of rotatable bonds is 16. The van der Waals surface area contributed by atoms with Crippen molar-refractivity contribution in [2.45, 2.75) is 85.9 Å². The molecule has 52 heavy (non-hydrogen) atoms. The van der Waals surface area contributed by atoms with Gasteiger partial charge in [0.1, 0.15) is 6.10 Å². The standard InChI is InChI=1S/C30H27F16NO5/c1-3-51-22(49)47-19(16-17-10-6-4-7-11-17)20(52-21(48)24(50-2,29(41,42)43)18-12-8-5-9-13-18)14-15-23(31,32)25(33,34)26(35,36)27(37,38)28(39,40)30(44,45)46/h4-13,19-20H,3,14-16H2,1-2H3,(H,47,49)/t19-,20+,24+/m0/s1. The second kappa shape index (κ2) is 15.6. The molecule has 3 atom stereocenters. The molecule has 1 amide bonds. The second-order valence-corrected chi connectivity index (χ2v) is 10.9. The van der Waals surface area contributed by atoms with Crippen LogP contribution >= 0.6 is 0 Å². The molecule has 0 aliphatic carbocycles. The zero-order valence-electron chi connectivity index (χ0n) is 26.3. The van der Waals surface area contributed by atoms with Crippen LogP contribution in [-0.4, -0.2) is 79.9 Å². The Balaban J connectivity index is 2.72. The second-order valence-electron chi connectivity index (χ2n) is 10.9. The Kier molecular flexibility index (Phi) is 13.2. The molecule has 0 fully saturated rings. The Labute approximate surface area is 283 Å². The van der Waals surface area contributed by atoms with Gasteiger partial charge in [-0.15, -0.1) is 0 Å². The van der Waals surface area contributed by atoms with Crippen molar-refractivity contribution in [1.29, 1.82) is 0 Å². The summed E-state index contributed by atoms with van der Waals surface area (Å²) >= 11 is 0. The van der Waals surface area contributed by atoms with E-state index < -0.39 is 103 Å². The number of carbonyl (C=O) groups is 2. The van der Waals surface area contributed by atoms with Crippen LogP contribution in [0.15, 0.2) is 60.7 Å². The van der Waals surface area contributed by atoms with Crippen molar-refractivity contribution < 1.29 is 94.0 Å². The van der Waals surface area contributed by atoms with Gasteiger partial charge in [0.2, 0.25) is 0 Å². The summed E-state index contributed by atoms with van der Waals surface area (Å²) in [6, 6.07) is 8.91. The van der Waals surface area contributed by atoms with Gasteiger partial charge in [-0.2, -0.15) is 70.2 Å². The molecule has 0 heterocycles. The maximum absolute atomic E-state index is 14.9. The number of esters is 1. The van der Waals surface area contributed by atoms with E-state index in [1.807, 2.05) is 5.32 Å². The number of alkyl carbamates (subject to hydrolysis) is 1. The molecule has 0 bridgehead atoms. The molecular formula is C30H27F16NO5. The van der Waals surface area contributed by atoms with Crippen LogP contribution in [0.4, 0.5) is 75.0 Å². The molecule has 2 aromatic rings. The van der Waals surface area contributed by atoms with Crippen molar-refractivity contribution in [2.75, 3.05) is 13.7 Å². The lowest BCUT2D eigenvalue weighted by Gasteiger charge is -2.40. The quantitative estimate of drug-likeness (QED) is 0.136. The van der Waals surface area contributed by atoms with Crippen molar-refractivity contribution in [3.8, 4) is 0 Å². The lowest BCUT2D eigenvalue weighted by atomic mass is 9.89. The fourth-order valence-corrected chi connectivity index (χ4v) is 4.70. The molecule has 0 saturated heterocycles. The molecule has 0 aromatic heterocycles. The smallest absolute Gasteiger partial charge is 0.458 e. The first-order valence-electron chi connectivity index (χ1n) is 14.4. The third kappa shape index (κ3) is 8.30. The number of hydrogen-bond acceptors (Lipinski definition) is 5. The average molecular weight is 786 g/mol. The molecule has 2 aromatic carbocycles. The first-order chi connectivity index (χ1) is 23.6. The zero-order chi connectivity index (χ0) is 40.2. The van der Waals surface area contributed by atoms with Crippen LogP contribution in [-0.2, 0) is 31.0 Å². The molecule has 0 spiro atoms. The van der Waals surface area contributed by atoms with E-state index >= 15 is 0 Å². The van der Waals surface area contributed by atoms with Crippen LogP contribution in [0.3, 0.4) is 0 Å². The van der Waals surface area contributed by atoms with Gasteiger partial charge in [0.15, 0.2) is 0 Å². The van der Waals surface area contributed by atoms with Gasteiger partial charge in [-0.05, 0) is 25.3 Å². The van der Waals surface area contributed by atoms with Gasteiger partial charge in [-0.3, -0.25) is 0 Å². The van der Waals surface area contributed by atoms with Gasteiger partial charge < -0.3 is 19.5 Å². The number of carbonyl (C=O) groups excluding carboxylic acids is 2. The summed E-state index contributed by atoms with van der Waals surface area (Å²) in [6.45, 7) is 0.791.